The van der Waals surface area contributed by atoms with Crippen LogP contribution in [-0.2, 0) is 54.6 Å². The predicted octanol–water partition coefficient (Wildman–Crippen LogP) is 13.6. The molecule has 5 rings (SSSR count). The zero-order chi connectivity index (χ0) is 59.4. The fourth-order valence-corrected chi connectivity index (χ4v) is 9.16. The van der Waals surface area contributed by atoms with Gasteiger partial charge in [0, 0.05) is 0 Å². The lowest BCUT2D eigenvalue weighted by molar-refractivity contribution is -0.169. The standard InChI is InChI=1S/C26H30O6S.C21H32O3.C16H24O5S/c1-5-19(2)20-6-16-25(17-7-20)33(28,29)32-18-26(27,21-8-12-23(30-3)13-9-21)22-10-14-24(31-4)15-11-22;1-8-15(2)18-11-9-17(10-12-18)13-14-21(7,16(3)22)19(23)24-20(4,5)6;1-6-11(2)12-7-8-13(14(9-12)22-21-19-5)15(17)20-10-16(3,4)18/h6-17,19,27H,5,18H2,1-4H3;9-12,15H,8,13-14H2,1-7H3;7-9,11,18H,6,10H2,1-5H3. The van der Waals surface area contributed by atoms with Crippen molar-refractivity contribution in [1.82, 2.24) is 0 Å². The van der Waals surface area contributed by atoms with Gasteiger partial charge in [-0.25, -0.2) is 9.68 Å². The van der Waals surface area contributed by atoms with Gasteiger partial charge in [-0.2, -0.15) is 12.8 Å². The highest BCUT2D eigenvalue weighted by molar-refractivity contribution is 7.94. The Kier molecular flexibility index (Phi) is 26.4. The van der Waals surface area contributed by atoms with Crippen LogP contribution in [0.25, 0.3) is 0 Å². The van der Waals surface area contributed by atoms with Crippen LogP contribution >= 0.6 is 12.0 Å². The minimum atomic E-state index is -4.09. The molecule has 5 aromatic rings. The summed E-state index contributed by atoms with van der Waals surface area (Å²) in [4.78, 5) is 42.0. The molecule has 14 nitrogen and oxygen atoms in total. The summed E-state index contributed by atoms with van der Waals surface area (Å²) in [6, 6.07) is 34.2. The van der Waals surface area contributed by atoms with Crippen molar-refractivity contribution in [2.24, 2.45) is 5.41 Å². The molecule has 0 fully saturated rings. The van der Waals surface area contributed by atoms with Crippen LogP contribution in [0.15, 0.2) is 125 Å². The van der Waals surface area contributed by atoms with Gasteiger partial charge in [0.1, 0.15) is 47.1 Å². The van der Waals surface area contributed by atoms with Crippen LogP contribution < -0.4 is 9.47 Å². The lowest BCUT2D eigenvalue weighted by atomic mass is 9.80. The van der Waals surface area contributed by atoms with Gasteiger partial charge in [0.15, 0.2) is 0 Å². The summed E-state index contributed by atoms with van der Waals surface area (Å²) in [5, 5.41) is 21.3. The molecule has 79 heavy (non-hydrogen) atoms. The van der Waals surface area contributed by atoms with Gasteiger partial charge in [-0.3, -0.25) is 13.8 Å². The molecule has 4 atom stereocenters. The molecule has 16 heteroatoms. The van der Waals surface area contributed by atoms with Crippen molar-refractivity contribution in [2.45, 2.75) is 166 Å². The molecule has 2 N–H and O–H groups in total. The first-order valence-electron chi connectivity index (χ1n) is 26.8. The smallest absolute Gasteiger partial charge is 0.339 e. The molecule has 0 saturated carbocycles. The number of Topliss-reactive ketones (excluding diaryl/α,β-unsaturated/α-hetero) is 1. The number of esters is 2. The van der Waals surface area contributed by atoms with Crippen molar-refractivity contribution >= 4 is 39.9 Å². The highest BCUT2D eigenvalue weighted by atomic mass is 32.2. The number of benzene rings is 5. The van der Waals surface area contributed by atoms with Gasteiger partial charge in [0.25, 0.3) is 10.1 Å². The molecule has 0 aliphatic rings. The number of methoxy groups -OCH3 is 2. The van der Waals surface area contributed by atoms with Crippen LogP contribution in [0.2, 0.25) is 0 Å². The van der Waals surface area contributed by atoms with Crippen molar-refractivity contribution in [2.75, 3.05) is 34.5 Å². The maximum atomic E-state index is 12.9. The summed E-state index contributed by atoms with van der Waals surface area (Å²) >= 11 is 0.965. The molecule has 0 aromatic heterocycles. The topological polar surface area (TPSA) is 190 Å². The number of carbonyl (C=O) groups excluding carboxylic acids is 3. The van der Waals surface area contributed by atoms with Gasteiger partial charge < -0.3 is 29.2 Å². The fourth-order valence-electron chi connectivity index (χ4n) is 7.66. The molecule has 0 aliphatic carbocycles. The van der Waals surface area contributed by atoms with Crippen LogP contribution in [-0.4, -0.2) is 82.1 Å². The van der Waals surface area contributed by atoms with E-state index in [-0.39, 0.29) is 17.3 Å². The second-order valence-electron chi connectivity index (χ2n) is 21.6. The molecule has 0 heterocycles. The minimum Gasteiger partial charge on any atom is -0.497 e. The third kappa shape index (κ3) is 20.8. The average molecular weight is 1130 g/mol. The molecule has 0 amide bonds. The average Bonchev–Trinajstić information content (AvgIpc) is 3.44. The number of ether oxygens (including phenoxy) is 4. The van der Waals surface area contributed by atoms with E-state index >= 15 is 0 Å². The van der Waals surface area contributed by atoms with Crippen molar-refractivity contribution < 1.29 is 65.4 Å². The Balaban J connectivity index is 0.000000321. The Morgan fingerprint density at radius 3 is 1.49 bits per heavy atom. The molecule has 0 saturated heterocycles. The Bertz CT molecular complexity index is 2730. The van der Waals surface area contributed by atoms with Gasteiger partial charge in [-0.15, -0.1) is 0 Å². The SMILES string of the molecule is CCC(C)c1ccc(C(=O)OCC(C)(C)O)c(SOOC)c1.CCC(C)c1ccc(CCC(C)(C(C)=O)C(=O)OC(C)(C)C)cc1.CCC(C)c1ccc(S(=O)(=O)OCC(O)(c2ccc(OC)cc2)c2ccc(OC)cc2)cc1. The Labute approximate surface area is 475 Å². The number of aryl methyl sites for hydroxylation is 1. The summed E-state index contributed by atoms with van der Waals surface area (Å²) in [6.07, 6.45) is 4.20. The van der Waals surface area contributed by atoms with E-state index < -0.39 is 50.9 Å². The summed E-state index contributed by atoms with van der Waals surface area (Å²) in [6.45, 7) is 24.0. The molecular weight excluding hydrogens is 1040 g/mol. The summed E-state index contributed by atoms with van der Waals surface area (Å²) in [5.41, 5.74) is 1.48. The Morgan fingerprint density at radius 2 is 1.08 bits per heavy atom. The van der Waals surface area contributed by atoms with Crippen LogP contribution in [0.1, 0.15) is 177 Å². The van der Waals surface area contributed by atoms with Crippen molar-refractivity contribution in [3.63, 3.8) is 0 Å². The van der Waals surface area contributed by atoms with Gasteiger partial charge in [-0.05, 0) is 180 Å². The van der Waals surface area contributed by atoms with Crippen molar-refractivity contribution in [1.29, 1.82) is 0 Å². The zero-order valence-corrected chi connectivity index (χ0v) is 50.9. The van der Waals surface area contributed by atoms with Crippen LogP contribution in [0.4, 0.5) is 0 Å². The monoisotopic (exact) mass is 1130 g/mol. The number of ketones is 1. The van der Waals surface area contributed by atoms with Crippen LogP contribution in [0.3, 0.4) is 0 Å². The maximum absolute atomic E-state index is 12.9. The van der Waals surface area contributed by atoms with E-state index in [4.69, 9.17) is 27.5 Å². The molecule has 434 valence electrons. The van der Waals surface area contributed by atoms with Gasteiger partial charge in [-0.1, -0.05) is 108 Å². The first kappa shape index (κ1) is 67.7. The number of carbonyl (C=O) groups is 3. The highest BCUT2D eigenvalue weighted by Crippen LogP contribution is 2.35. The summed E-state index contributed by atoms with van der Waals surface area (Å²) in [7, 11) is 0.404. The Morgan fingerprint density at radius 1 is 0.620 bits per heavy atom. The molecule has 0 bridgehead atoms. The predicted molar refractivity (Wildman–Crippen MR) is 311 cm³/mol. The normalized spacial score (nSPS) is 13.7. The lowest BCUT2D eigenvalue weighted by Crippen LogP contribution is -2.40. The molecular formula is C63H86O14S2. The van der Waals surface area contributed by atoms with E-state index in [0.29, 0.717) is 63.7 Å². The quantitative estimate of drug-likeness (QED) is 0.0140. The largest absolute Gasteiger partial charge is 0.497 e. The van der Waals surface area contributed by atoms with Crippen molar-refractivity contribution in [3.05, 3.63) is 154 Å². The van der Waals surface area contributed by atoms with Crippen molar-refractivity contribution in [3.8, 4) is 11.5 Å². The highest BCUT2D eigenvalue weighted by Gasteiger charge is 2.41. The summed E-state index contributed by atoms with van der Waals surface area (Å²) in [5.74, 6) is 1.41. The lowest BCUT2D eigenvalue weighted by Gasteiger charge is -2.29. The van der Waals surface area contributed by atoms with Crippen LogP contribution in [0, 0.1) is 5.41 Å². The van der Waals surface area contributed by atoms with Crippen LogP contribution in [0.5, 0.6) is 11.5 Å². The third-order valence-electron chi connectivity index (χ3n) is 13.8. The first-order chi connectivity index (χ1) is 37.0. The molecule has 4 unspecified atom stereocenters. The second-order valence-corrected chi connectivity index (χ2v) is 24.0. The second kappa shape index (κ2) is 30.8. The zero-order valence-electron chi connectivity index (χ0n) is 49.3. The fraction of sp³-hybridized carbons (Fsp3) is 0.476. The number of aliphatic hydroxyl groups is 2. The van der Waals surface area contributed by atoms with E-state index in [1.54, 1.807) is 102 Å². The number of hydrogen-bond acceptors (Lipinski definition) is 15. The first-order valence-corrected chi connectivity index (χ1v) is 28.9. The van der Waals surface area contributed by atoms with E-state index in [9.17, 15) is 33.0 Å². The van der Waals surface area contributed by atoms with E-state index in [1.165, 1.54) is 31.7 Å². The Hall–Kier alpha value is -5.59. The third-order valence-corrected chi connectivity index (χ3v) is 15.8. The van der Waals surface area contributed by atoms with Gasteiger partial charge in [0.05, 0.1) is 54.3 Å². The van der Waals surface area contributed by atoms with E-state index in [2.05, 4.69) is 70.7 Å². The molecule has 5 aromatic carbocycles. The maximum Gasteiger partial charge on any atom is 0.339 e. The molecule has 0 radical (unpaired) electrons. The molecule has 0 aliphatic heterocycles. The van der Waals surface area contributed by atoms with Gasteiger partial charge in [0.2, 0.25) is 0 Å². The summed E-state index contributed by atoms with van der Waals surface area (Å²) < 4.78 is 57.1. The van der Waals surface area contributed by atoms with E-state index in [1.807, 2.05) is 32.9 Å². The minimum absolute atomic E-state index is 0.0429. The molecule has 0 spiro atoms. The number of rotatable bonds is 25. The van der Waals surface area contributed by atoms with E-state index in [0.717, 1.165) is 48.0 Å². The number of hydrogen-bond donors (Lipinski definition) is 2. The van der Waals surface area contributed by atoms with Gasteiger partial charge >= 0.3 is 11.9 Å².